The number of benzene rings is 3. The van der Waals surface area contributed by atoms with Gasteiger partial charge in [-0.05, 0) is 49.9 Å². The van der Waals surface area contributed by atoms with Crippen LogP contribution in [0.3, 0.4) is 0 Å². The largest absolute Gasteiger partial charge is 0.352 e. The zero-order valence-electron chi connectivity index (χ0n) is 23.4. The molecule has 0 aliphatic carbocycles. The van der Waals surface area contributed by atoms with Gasteiger partial charge in [-0.2, -0.15) is 0 Å². The van der Waals surface area contributed by atoms with Crippen LogP contribution in [0, 0.1) is 13.8 Å². The molecule has 2 amide bonds. The molecule has 3 rings (SSSR count). The quantitative estimate of drug-likeness (QED) is 0.357. The standard InChI is InChI=1S/C31H39N3O4S/c1-6-25(4)32-31(36)29(20-26-13-8-7-9-14-26)33(21-27-18-16-23(2)17-19-27)30(35)22-34(39(5,37)38)28-15-11-10-12-24(28)3/h7-19,25,29H,6,20-22H2,1-5H3,(H,32,36)/t25-,29+/m1/s1. The van der Waals surface area contributed by atoms with Gasteiger partial charge in [-0.1, -0.05) is 85.3 Å². The molecule has 0 spiro atoms. The van der Waals surface area contributed by atoms with Crippen LogP contribution in [0.25, 0.3) is 0 Å². The van der Waals surface area contributed by atoms with E-state index in [1.165, 1.54) is 4.90 Å². The van der Waals surface area contributed by atoms with E-state index in [2.05, 4.69) is 5.32 Å². The summed E-state index contributed by atoms with van der Waals surface area (Å²) >= 11 is 0. The average Bonchev–Trinajstić information content (AvgIpc) is 2.90. The van der Waals surface area contributed by atoms with Gasteiger partial charge in [0.05, 0.1) is 11.9 Å². The molecule has 8 heteroatoms. The number of sulfonamides is 1. The van der Waals surface area contributed by atoms with Crippen LogP contribution in [0.5, 0.6) is 0 Å². The highest BCUT2D eigenvalue weighted by molar-refractivity contribution is 7.92. The molecule has 7 nitrogen and oxygen atoms in total. The van der Waals surface area contributed by atoms with Crippen molar-refractivity contribution in [2.75, 3.05) is 17.1 Å². The van der Waals surface area contributed by atoms with Crippen molar-refractivity contribution in [1.82, 2.24) is 10.2 Å². The number of para-hydroxylation sites is 1. The fourth-order valence-corrected chi connectivity index (χ4v) is 5.23. The fraction of sp³-hybridized carbons (Fsp3) is 0.355. The molecule has 0 bridgehead atoms. The van der Waals surface area contributed by atoms with Crippen molar-refractivity contribution in [1.29, 1.82) is 0 Å². The topological polar surface area (TPSA) is 86.8 Å². The Morgan fingerprint density at radius 3 is 2.08 bits per heavy atom. The monoisotopic (exact) mass is 549 g/mol. The summed E-state index contributed by atoms with van der Waals surface area (Å²) < 4.78 is 26.9. The molecule has 2 atom stereocenters. The van der Waals surface area contributed by atoms with Gasteiger partial charge in [-0.25, -0.2) is 8.42 Å². The van der Waals surface area contributed by atoms with E-state index in [1.54, 1.807) is 25.1 Å². The second kappa shape index (κ2) is 13.4. The van der Waals surface area contributed by atoms with Gasteiger partial charge in [-0.15, -0.1) is 0 Å². The van der Waals surface area contributed by atoms with Gasteiger partial charge >= 0.3 is 0 Å². The number of aryl methyl sites for hydroxylation is 2. The normalized spacial score (nSPS) is 12.8. The van der Waals surface area contributed by atoms with E-state index in [-0.39, 0.29) is 18.5 Å². The van der Waals surface area contributed by atoms with E-state index in [0.717, 1.165) is 39.2 Å². The van der Waals surface area contributed by atoms with E-state index < -0.39 is 28.5 Å². The molecule has 3 aromatic rings. The Bertz CT molecular complexity index is 1360. The lowest BCUT2D eigenvalue weighted by Crippen LogP contribution is -2.54. The Hall–Kier alpha value is -3.65. The lowest BCUT2D eigenvalue weighted by Gasteiger charge is -2.34. The number of amides is 2. The van der Waals surface area contributed by atoms with Crippen molar-refractivity contribution in [3.8, 4) is 0 Å². The molecule has 3 aromatic carbocycles. The zero-order valence-corrected chi connectivity index (χ0v) is 24.2. The molecule has 0 unspecified atom stereocenters. The highest BCUT2D eigenvalue weighted by Gasteiger charge is 2.33. The number of nitrogens with zero attached hydrogens (tertiary/aromatic N) is 2. The Morgan fingerprint density at radius 2 is 1.49 bits per heavy atom. The van der Waals surface area contributed by atoms with Crippen molar-refractivity contribution in [2.24, 2.45) is 0 Å². The first kappa shape index (κ1) is 29.9. The summed E-state index contributed by atoms with van der Waals surface area (Å²) in [7, 11) is -3.79. The SMILES string of the molecule is CC[C@@H](C)NC(=O)[C@H](Cc1ccccc1)N(Cc1ccc(C)cc1)C(=O)CN(c1ccccc1C)S(C)(=O)=O. The van der Waals surface area contributed by atoms with Crippen molar-refractivity contribution in [3.63, 3.8) is 0 Å². The molecule has 0 aliphatic heterocycles. The first-order chi connectivity index (χ1) is 18.5. The summed E-state index contributed by atoms with van der Waals surface area (Å²) in [5.74, 6) is -0.722. The van der Waals surface area contributed by atoms with Gasteiger partial charge in [0.25, 0.3) is 0 Å². The first-order valence-electron chi connectivity index (χ1n) is 13.2. The molecule has 0 heterocycles. The lowest BCUT2D eigenvalue weighted by atomic mass is 10.0. The third-order valence-electron chi connectivity index (χ3n) is 6.81. The van der Waals surface area contributed by atoms with Crippen LogP contribution in [0.4, 0.5) is 5.69 Å². The molecular weight excluding hydrogens is 510 g/mol. The van der Waals surface area contributed by atoms with E-state index in [0.29, 0.717) is 12.1 Å². The number of carbonyl (C=O) groups excluding carboxylic acids is 2. The minimum absolute atomic E-state index is 0.0772. The van der Waals surface area contributed by atoms with E-state index in [1.807, 2.05) is 81.4 Å². The zero-order chi connectivity index (χ0) is 28.6. The first-order valence-corrected chi connectivity index (χ1v) is 15.1. The summed E-state index contributed by atoms with van der Waals surface area (Å²) in [6, 6.07) is 23.5. The molecule has 39 heavy (non-hydrogen) atoms. The van der Waals surface area contributed by atoms with Gasteiger partial charge in [0.15, 0.2) is 0 Å². The second-order valence-electron chi connectivity index (χ2n) is 10.1. The Kier molecular flexibility index (Phi) is 10.3. The summed E-state index contributed by atoms with van der Waals surface area (Å²) in [5, 5.41) is 3.04. The average molecular weight is 550 g/mol. The fourth-order valence-electron chi connectivity index (χ4n) is 4.32. The van der Waals surface area contributed by atoms with Crippen molar-refractivity contribution in [2.45, 2.75) is 59.2 Å². The third kappa shape index (κ3) is 8.42. The summed E-state index contributed by atoms with van der Waals surface area (Å²) in [6.07, 6.45) is 2.13. The van der Waals surface area contributed by atoms with Gasteiger partial charge in [0.2, 0.25) is 21.8 Å². The number of anilines is 1. The van der Waals surface area contributed by atoms with Gasteiger partial charge in [0.1, 0.15) is 12.6 Å². The van der Waals surface area contributed by atoms with E-state index in [9.17, 15) is 18.0 Å². The Balaban J connectivity index is 2.06. The molecule has 0 fully saturated rings. The maximum atomic E-state index is 14.1. The molecule has 0 aliphatic rings. The van der Waals surface area contributed by atoms with Crippen molar-refractivity contribution >= 4 is 27.5 Å². The number of rotatable bonds is 12. The number of carbonyl (C=O) groups is 2. The highest BCUT2D eigenvalue weighted by atomic mass is 32.2. The molecule has 208 valence electrons. The smallest absolute Gasteiger partial charge is 0.244 e. The number of hydrogen-bond donors (Lipinski definition) is 1. The van der Waals surface area contributed by atoms with Crippen LogP contribution in [0.1, 0.15) is 42.5 Å². The van der Waals surface area contributed by atoms with E-state index >= 15 is 0 Å². The minimum atomic E-state index is -3.79. The van der Waals surface area contributed by atoms with Crippen molar-refractivity contribution in [3.05, 3.63) is 101 Å². The molecular formula is C31H39N3O4S. The predicted octanol–water partition coefficient (Wildman–Crippen LogP) is 4.62. The molecule has 0 saturated carbocycles. The van der Waals surface area contributed by atoms with Crippen LogP contribution >= 0.6 is 0 Å². The van der Waals surface area contributed by atoms with Gasteiger partial charge in [0, 0.05) is 19.0 Å². The maximum absolute atomic E-state index is 14.1. The van der Waals surface area contributed by atoms with Crippen LogP contribution in [0.15, 0.2) is 78.9 Å². The minimum Gasteiger partial charge on any atom is -0.352 e. The molecule has 0 aromatic heterocycles. The van der Waals surface area contributed by atoms with Crippen LogP contribution in [0.2, 0.25) is 0 Å². The van der Waals surface area contributed by atoms with Crippen LogP contribution in [-0.4, -0.2) is 50.0 Å². The summed E-state index contributed by atoms with van der Waals surface area (Å²) in [4.78, 5) is 29.3. The molecule has 0 radical (unpaired) electrons. The predicted molar refractivity (Wildman–Crippen MR) is 157 cm³/mol. The van der Waals surface area contributed by atoms with E-state index in [4.69, 9.17) is 0 Å². The summed E-state index contributed by atoms with van der Waals surface area (Å²) in [6.45, 7) is 7.44. The summed E-state index contributed by atoms with van der Waals surface area (Å²) in [5.41, 5.74) is 4.01. The molecule has 1 N–H and O–H groups in total. The number of hydrogen-bond acceptors (Lipinski definition) is 4. The van der Waals surface area contributed by atoms with Gasteiger partial charge in [-0.3, -0.25) is 13.9 Å². The van der Waals surface area contributed by atoms with Crippen molar-refractivity contribution < 1.29 is 18.0 Å². The lowest BCUT2D eigenvalue weighted by molar-refractivity contribution is -0.140. The van der Waals surface area contributed by atoms with Gasteiger partial charge < -0.3 is 10.2 Å². The Morgan fingerprint density at radius 1 is 0.872 bits per heavy atom. The molecule has 0 saturated heterocycles. The van der Waals surface area contributed by atoms with Crippen LogP contribution in [-0.2, 0) is 32.6 Å². The highest BCUT2D eigenvalue weighted by Crippen LogP contribution is 2.23. The second-order valence-corrected chi connectivity index (χ2v) is 12.0. The maximum Gasteiger partial charge on any atom is 0.244 e. The number of nitrogens with one attached hydrogen (secondary N) is 1. The third-order valence-corrected chi connectivity index (χ3v) is 7.94. The van der Waals surface area contributed by atoms with Crippen LogP contribution < -0.4 is 9.62 Å². The Labute approximate surface area is 232 Å².